The van der Waals surface area contributed by atoms with Gasteiger partial charge in [0.25, 0.3) is 10.0 Å². The van der Waals surface area contributed by atoms with Crippen LogP contribution >= 0.6 is 0 Å². The Bertz CT molecular complexity index is 465. The molecule has 1 atom stereocenters. The van der Waals surface area contributed by atoms with Crippen molar-refractivity contribution in [3.63, 3.8) is 0 Å². The Hall–Kier alpha value is -0.850. The van der Waals surface area contributed by atoms with Gasteiger partial charge in [0.15, 0.2) is 0 Å². The van der Waals surface area contributed by atoms with Crippen molar-refractivity contribution in [2.24, 2.45) is 11.1 Å². The second kappa shape index (κ2) is 6.36. The average molecular weight is 274 g/mol. The molecule has 104 valence electrons. The summed E-state index contributed by atoms with van der Waals surface area (Å²) in [7, 11) is -3.74. The molecule has 1 aromatic rings. The number of furan rings is 1. The van der Waals surface area contributed by atoms with Crippen molar-refractivity contribution >= 4 is 10.0 Å². The Morgan fingerprint density at radius 3 is 2.44 bits per heavy atom. The minimum Gasteiger partial charge on any atom is -0.447 e. The van der Waals surface area contributed by atoms with E-state index in [9.17, 15) is 8.42 Å². The fourth-order valence-corrected chi connectivity index (χ4v) is 2.05. The maximum atomic E-state index is 11.0. The highest BCUT2D eigenvalue weighted by Gasteiger charge is 2.13. The van der Waals surface area contributed by atoms with Crippen LogP contribution in [-0.4, -0.2) is 14.5 Å². The number of primary sulfonamides is 1. The monoisotopic (exact) mass is 274 g/mol. The number of nitrogens with two attached hydrogens (primary N) is 1. The van der Waals surface area contributed by atoms with Crippen LogP contribution < -0.4 is 10.5 Å². The molecule has 0 spiro atoms. The highest BCUT2D eigenvalue weighted by Crippen LogP contribution is 2.13. The van der Waals surface area contributed by atoms with Gasteiger partial charge in [-0.25, -0.2) is 13.6 Å². The molecule has 0 amide bonds. The molecule has 0 aliphatic carbocycles. The van der Waals surface area contributed by atoms with Crippen LogP contribution in [0.15, 0.2) is 21.6 Å². The molecule has 1 heterocycles. The van der Waals surface area contributed by atoms with Gasteiger partial charge in [-0.05, 0) is 37.8 Å². The van der Waals surface area contributed by atoms with Gasteiger partial charge in [-0.3, -0.25) is 0 Å². The topological polar surface area (TPSA) is 85.3 Å². The molecular formula is C12H22N2O3S. The van der Waals surface area contributed by atoms with Crippen molar-refractivity contribution in [1.82, 2.24) is 5.32 Å². The largest absolute Gasteiger partial charge is 0.447 e. The number of rotatable bonds is 7. The van der Waals surface area contributed by atoms with Crippen LogP contribution in [-0.2, 0) is 16.6 Å². The Balaban J connectivity index is 2.42. The molecule has 5 nitrogen and oxygen atoms in total. The fraction of sp³-hybridized carbons (Fsp3) is 0.667. The van der Waals surface area contributed by atoms with E-state index in [1.165, 1.54) is 6.07 Å². The SMILES string of the molecule is CC(C)CCC(C)NCc1ccc(S(N)(=O)=O)o1. The van der Waals surface area contributed by atoms with Crippen LogP contribution in [0, 0.1) is 5.92 Å². The first-order chi connectivity index (χ1) is 8.29. The molecular weight excluding hydrogens is 252 g/mol. The summed E-state index contributed by atoms with van der Waals surface area (Å²) in [5.74, 6) is 1.27. The molecule has 1 unspecified atom stereocenters. The highest BCUT2D eigenvalue weighted by molar-refractivity contribution is 7.89. The average Bonchev–Trinajstić information content (AvgIpc) is 2.71. The van der Waals surface area contributed by atoms with Gasteiger partial charge in [-0.1, -0.05) is 13.8 Å². The molecule has 0 saturated heterocycles. The molecule has 0 radical (unpaired) electrons. The van der Waals surface area contributed by atoms with E-state index in [2.05, 4.69) is 26.1 Å². The van der Waals surface area contributed by atoms with E-state index in [0.717, 1.165) is 12.8 Å². The summed E-state index contributed by atoms with van der Waals surface area (Å²) in [5, 5.41) is 8.07. The van der Waals surface area contributed by atoms with Gasteiger partial charge >= 0.3 is 0 Å². The minimum atomic E-state index is -3.74. The Kier molecular flexibility index (Phi) is 5.37. The Morgan fingerprint density at radius 1 is 1.28 bits per heavy atom. The lowest BCUT2D eigenvalue weighted by atomic mass is 10.0. The van der Waals surface area contributed by atoms with Gasteiger partial charge in [0.05, 0.1) is 6.54 Å². The molecule has 0 fully saturated rings. The maximum absolute atomic E-state index is 11.0. The van der Waals surface area contributed by atoms with Gasteiger partial charge < -0.3 is 9.73 Å². The van der Waals surface area contributed by atoms with E-state index in [1.807, 2.05) is 0 Å². The summed E-state index contributed by atoms with van der Waals surface area (Å²) in [6, 6.07) is 3.38. The lowest BCUT2D eigenvalue weighted by Gasteiger charge is -2.13. The van der Waals surface area contributed by atoms with Crippen molar-refractivity contribution in [1.29, 1.82) is 0 Å². The third-order valence-electron chi connectivity index (χ3n) is 2.72. The van der Waals surface area contributed by atoms with Crippen LogP contribution in [0.25, 0.3) is 0 Å². The predicted molar refractivity (Wildman–Crippen MR) is 70.5 cm³/mol. The third kappa shape index (κ3) is 5.20. The molecule has 3 N–H and O–H groups in total. The van der Waals surface area contributed by atoms with E-state index >= 15 is 0 Å². The second-order valence-corrected chi connectivity index (χ2v) is 6.51. The molecule has 0 aliphatic heterocycles. The van der Waals surface area contributed by atoms with Gasteiger partial charge in [0.2, 0.25) is 5.09 Å². The Morgan fingerprint density at radius 2 is 1.94 bits per heavy atom. The summed E-state index contributed by atoms with van der Waals surface area (Å²) in [6.07, 6.45) is 2.25. The lowest BCUT2D eigenvalue weighted by molar-refractivity contribution is 0.380. The quantitative estimate of drug-likeness (QED) is 0.794. The summed E-state index contributed by atoms with van der Waals surface area (Å²) in [5.41, 5.74) is 0. The summed E-state index contributed by atoms with van der Waals surface area (Å²) < 4.78 is 27.2. The number of hydrogen-bond donors (Lipinski definition) is 2. The zero-order valence-corrected chi connectivity index (χ0v) is 12.0. The first kappa shape index (κ1) is 15.2. The Labute approximate surface area is 109 Å². The van der Waals surface area contributed by atoms with Gasteiger partial charge in [-0.2, -0.15) is 0 Å². The van der Waals surface area contributed by atoms with E-state index in [4.69, 9.17) is 9.56 Å². The summed E-state index contributed by atoms with van der Waals surface area (Å²) >= 11 is 0. The zero-order chi connectivity index (χ0) is 13.8. The number of sulfonamides is 1. The lowest BCUT2D eigenvalue weighted by Crippen LogP contribution is -2.25. The number of nitrogens with one attached hydrogen (secondary N) is 1. The molecule has 18 heavy (non-hydrogen) atoms. The normalized spacial score (nSPS) is 14.1. The molecule has 0 bridgehead atoms. The molecule has 0 aliphatic rings. The number of hydrogen-bond acceptors (Lipinski definition) is 4. The van der Waals surface area contributed by atoms with E-state index in [0.29, 0.717) is 24.3 Å². The zero-order valence-electron chi connectivity index (χ0n) is 11.1. The molecule has 1 rings (SSSR count). The van der Waals surface area contributed by atoms with E-state index < -0.39 is 10.0 Å². The smallest absolute Gasteiger partial charge is 0.271 e. The standard InChI is InChI=1S/C12H22N2O3S/c1-9(2)4-5-10(3)14-8-11-6-7-12(17-11)18(13,15)16/h6-7,9-10,14H,4-5,8H2,1-3H3,(H2,13,15,16). The van der Waals surface area contributed by atoms with Crippen molar-refractivity contribution in [2.75, 3.05) is 0 Å². The second-order valence-electron chi connectivity index (χ2n) is 5.02. The van der Waals surface area contributed by atoms with Crippen LogP contribution in [0.4, 0.5) is 0 Å². The highest BCUT2D eigenvalue weighted by atomic mass is 32.2. The molecule has 6 heteroatoms. The maximum Gasteiger partial charge on any atom is 0.271 e. The van der Waals surface area contributed by atoms with E-state index in [1.54, 1.807) is 6.07 Å². The van der Waals surface area contributed by atoms with Crippen molar-refractivity contribution in [3.8, 4) is 0 Å². The van der Waals surface area contributed by atoms with Gasteiger partial charge in [0.1, 0.15) is 5.76 Å². The van der Waals surface area contributed by atoms with Crippen LogP contribution in [0.5, 0.6) is 0 Å². The van der Waals surface area contributed by atoms with Gasteiger partial charge in [-0.15, -0.1) is 0 Å². The molecule has 1 aromatic heterocycles. The fourth-order valence-electron chi connectivity index (χ4n) is 1.57. The summed E-state index contributed by atoms with van der Waals surface area (Å²) in [6.45, 7) is 7.00. The predicted octanol–water partition coefficient (Wildman–Crippen LogP) is 1.84. The first-order valence-corrected chi connectivity index (χ1v) is 7.68. The molecule has 0 aromatic carbocycles. The minimum absolute atomic E-state index is 0.186. The van der Waals surface area contributed by atoms with Crippen molar-refractivity contribution in [3.05, 3.63) is 17.9 Å². The van der Waals surface area contributed by atoms with Crippen molar-refractivity contribution < 1.29 is 12.8 Å². The first-order valence-electron chi connectivity index (χ1n) is 6.14. The van der Waals surface area contributed by atoms with E-state index in [-0.39, 0.29) is 5.09 Å². The third-order valence-corrected chi connectivity index (χ3v) is 3.50. The van der Waals surface area contributed by atoms with Crippen molar-refractivity contribution in [2.45, 2.75) is 51.3 Å². The van der Waals surface area contributed by atoms with Crippen LogP contribution in [0.1, 0.15) is 39.4 Å². The van der Waals surface area contributed by atoms with Gasteiger partial charge in [0, 0.05) is 6.04 Å². The van der Waals surface area contributed by atoms with Crippen LogP contribution in [0.3, 0.4) is 0 Å². The van der Waals surface area contributed by atoms with Crippen LogP contribution in [0.2, 0.25) is 0 Å². The summed E-state index contributed by atoms with van der Waals surface area (Å²) in [4.78, 5) is 0. The molecule has 0 saturated carbocycles.